The van der Waals surface area contributed by atoms with Gasteiger partial charge in [0, 0.05) is 14.1 Å². The first-order valence-corrected chi connectivity index (χ1v) is 8.71. The van der Waals surface area contributed by atoms with Crippen LogP contribution in [-0.4, -0.2) is 44.0 Å². The molecular formula is C18H23N5O4. The van der Waals surface area contributed by atoms with Crippen LogP contribution in [-0.2, 0) is 20.0 Å². The first-order chi connectivity index (χ1) is 12.9. The van der Waals surface area contributed by atoms with Crippen molar-refractivity contribution in [3.05, 3.63) is 50.7 Å². The van der Waals surface area contributed by atoms with Crippen LogP contribution in [0, 0.1) is 0 Å². The Morgan fingerprint density at radius 2 is 2.15 bits per heavy atom. The summed E-state index contributed by atoms with van der Waals surface area (Å²) < 4.78 is 8.48. The summed E-state index contributed by atoms with van der Waals surface area (Å²) in [5.74, 6) is 1.06. The quantitative estimate of drug-likeness (QED) is 0.555. The van der Waals surface area contributed by atoms with Gasteiger partial charge in [-0.2, -0.15) is 4.98 Å². The second-order valence-electron chi connectivity index (χ2n) is 6.25. The lowest BCUT2D eigenvalue weighted by molar-refractivity contribution is 0.0938. The Hall–Kier alpha value is -3.07. The number of fused-ring (bicyclic) bond motifs is 1. The molecule has 2 aromatic heterocycles. The number of nitrogens with zero attached hydrogens (tertiary/aromatic N) is 3. The van der Waals surface area contributed by atoms with Gasteiger partial charge in [0.25, 0.3) is 5.56 Å². The molecule has 0 spiro atoms. The molecule has 9 nitrogen and oxygen atoms in total. The number of ether oxygens (including phenoxy) is 1. The molecule has 144 valence electrons. The van der Waals surface area contributed by atoms with Crippen LogP contribution in [0.15, 0.2) is 33.9 Å². The molecule has 27 heavy (non-hydrogen) atoms. The fourth-order valence-corrected chi connectivity index (χ4v) is 2.91. The fourth-order valence-electron chi connectivity index (χ4n) is 2.91. The molecule has 0 aliphatic rings. The molecule has 0 aliphatic heterocycles. The minimum absolute atomic E-state index is 0.0552. The summed E-state index contributed by atoms with van der Waals surface area (Å²) in [6, 6.07) is 7.68. The van der Waals surface area contributed by atoms with Crippen molar-refractivity contribution >= 4 is 17.1 Å². The van der Waals surface area contributed by atoms with E-state index in [0.29, 0.717) is 11.7 Å². The number of hydrogen-bond acceptors (Lipinski definition) is 6. The number of aliphatic hydroxyl groups is 1. The zero-order valence-corrected chi connectivity index (χ0v) is 15.5. The fraction of sp³-hybridized carbons (Fsp3) is 0.389. The van der Waals surface area contributed by atoms with Gasteiger partial charge >= 0.3 is 5.69 Å². The number of imidazole rings is 1. The predicted molar refractivity (Wildman–Crippen MR) is 102 cm³/mol. The van der Waals surface area contributed by atoms with Gasteiger partial charge in [-0.1, -0.05) is 19.1 Å². The zero-order chi connectivity index (χ0) is 19.6. The number of aryl methyl sites for hydroxylation is 2. The van der Waals surface area contributed by atoms with Gasteiger partial charge in [0.05, 0.1) is 6.54 Å². The number of hydrogen-bond donors (Lipinski definition) is 3. The number of nitrogens with one attached hydrogen (secondary N) is 2. The molecule has 0 aliphatic carbocycles. The van der Waals surface area contributed by atoms with Crippen LogP contribution >= 0.6 is 0 Å². The van der Waals surface area contributed by atoms with Crippen molar-refractivity contribution in [1.29, 1.82) is 0 Å². The molecule has 0 fully saturated rings. The maximum atomic E-state index is 12.3. The summed E-state index contributed by atoms with van der Waals surface area (Å²) in [7, 11) is 3.18. The van der Waals surface area contributed by atoms with E-state index in [2.05, 4.69) is 22.2 Å². The van der Waals surface area contributed by atoms with Gasteiger partial charge in [-0.15, -0.1) is 0 Å². The average molecular weight is 373 g/mol. The highest BCUT2D eigenvalue weighted by atomic mass is 16.5. The van der Waals surface area contributed by atoms with Crippen molar-refractivity contribution in [2.75, 3.05) is 19.0 Å². The van der Waals surface area contributed by atoms with Crippen LogP contribution in [0.25, 0.3) is 11.2 Å². The lowest BCUT2D eigenvalue weighted by Gasteiger charge is -2.15. The third kappa shape index (κ3) is 3.72. The number of aromatic amines is 1. The minimum Gasteiger partial charge on any atom is -0.491 e. The Balaban J connectivity index is 1.84. The number of aromatic nitrogens is 4. The zero-order valence-electron chi connectivity index (χ0n) is 15.5. The number of benzene rings is 1. The van der Waals surface area contributed by atoms with Crippen LogP contribution in [0.4, 0.5) is 5.95 Å². The molecule has 3 rings (SSSR count). The number of H-pyrrole nitrogens is 1. The second kappa shape index (κ2) is 7.67. The molecule has 1 atom stereocenters. The Bertz CT molecular complexity index is 1070. The molecule has 0 saturated heterocycles. The van der Waals surface area contributed by atoms with Gasteiger partial charge in [0.2, 0.25) is 5.95 Å². The van der Waals surface area contributed by atoms with Crippen LogP contribution in [0.1, 0.15) is 12.5 Å². The van der Waals surface area contributed by atoms with E-state index in [0.717, 1.165) is 12.0 Å². The number of anilines is 1. The van der Waals surface area contributed by atoms with E-state index < -0.39 is 17.4 Å². The maximum Gasteiger partial charge on any atom is 0.329 e. The van der Waals surface area contributed by atoms with Crippen LogP contribution in [0.3, 0.4) is 0 Å². The lowest BCUT2D eigenvalue weighted by Crippen LogP contribution is -2.30. The Labute approximate surface area is 155 Å². The van der Waals surface area contributed by atoms with Gasteiger partial charge in [0.1, 0.15) is 18.5 Å². The topological polar surface area (TPSA) is 114 Å². The van der Waals surface area contributed by atoms with E-state index in [1.807, 2.05) is 24.3 Å². The van der Waals surface area contributed by atoms with Crippen molar-refractivity contribution < 1.29 is 9.84 Å². The highest BCUT2D eigenvalue weighted by Gasteiger charge is 2.19. The summed E-state index contributed by atoms with van der Waals surface area (Å²) in [6.07, 6.45) is 0.0183. The minimum atomic E-state index is -0.878. The smallest absolute Gasteiger partial charge is 0.329 e. The van der Waals surface area contributed by atoms with E-state index in [-0.39, 0.29) is 24.3 Å². The highest BCUT2D eigenvalue weighted by molar-refractivity contribution is 5.74. The molecule has 0 saturated carbocycles. The number of aliphatic hydroxyl groups excluding tert-OH is 1. The van der Waals surface area contributed by atoms with Crippen molar-refractivity contribution in [3.8, 4) is 5.75 Å². The van der Waals surface area contributed by atoms with Crippen LogP contribution in [0.2, 0.25) is 0 Å². The second-order valence-corrected chi connectivity index (χ2v) is 6.25. The standard InChI is InChI=1S/C18H23N5O4/c1-4-11-6-5-7-13(8-11)27-10-12(24)9-23-14-15(20-17(23)19-2)22(3)18(26)21-16(14)25/h5-8,12,24H,4,9-10H2,1-3H3,(H,19,20)(H,21,25,26). The number of rotatable bonds is 7. The lowest BCUT2D eigenvalue weighted by atomic mass is 10.2. The molecule has 0 radical (unpaired) electrons. The summed E-state index contributed by atoms with van der Waals surface area (Å²) in [6.45, 7) is 2.20. The molecule has 3 aromatic rings. The highest BCUT2D eigenvalue weighted by Crippen LogP contribution is 2.17. The van der Waals surface area contributed by atoms with Crippen molar-refractivity contribution in [2.45, 2.75) is 26.0 Å². The van der Waals surface area contributed by atoms with Crippen molar-refractivity contribution in [3.63, 3.8) is 0 Å². The Morgan fingerprint density at radius 3 is 2.85 bits per heavy atom. The normalized spacial score (nSPS) is 12.3. The first-order valence-electron chi connectivity index (χ1n) is 8.71. The summed E-state index contributed by atoms with van der Waals surface area (Å²) in [5, 5.41) is 13.3. The van der Waals surface area contributed by atoms with Gasteiger partial charge in [-0.05, 0) is 24.1 Å². The predicted octanol–water partition coefficient (Wildman–Crippen LogP) is 0.467. The molecule has 2 heterocycles. The van der Waals surface area contributed by atoms with Gasteiger partial charge in [0.15, 0.2) is 11.2 Å². The van der Waals surface area contributed by atoms with E-state index >= 15 is 0 Å². The molecule has 0 bridgehead atoms. The summed E-state index contributed by atoms with van der Waals surface area (Å²) in [5.41, 5.74) is 0.517. The third-order valence-electron chi connectivity index (χ3n) is 4.37. The molecule has 0 amide bonds. The van der Waals surface area contributed by atoms with Crippen LogP contribution in [0.5, 0.6) is 5.75 Å². The van der Waals surface area contributed by atoms with Crippen molar-refractivity contribution in [1.82, 2.24) is 19.1 Å². The molecule has 1 aromatic carbocycles. The molecule has 3 N–H and O–H groups in total. The van der Waals surface area contributed by atoms with E-state index in [4.69, 9.17) is 4.74 Å². The largest absolute Gasteiger partial charge is 0.491 e. The Kier molecular flexibility index (Phi) is 5.31. The molecular weight excluding hydrogens is 350 g/mol. The summed E-state index contributed by atoms with van der Waals surface area (Å²) >= 11 is 0. The van der Waals surface area contributed by atoms with E-state index in [9.17, 15) is 14.7 Å². The first kappa shape index (κ1) is 18.7. The van der Waals surface area contributed by atoms with E-state index in [1.54, 1.807) is 11.6 Å². The monoisotopic (exact) mass is 373 g/mol. The van der Waals surface area contributed by atoms with Gasteiger partial charge < -0.3 is 19.7 Å². The SMILES string of the molecule is CCc1cccc(OCC(O)Cn2c(NC)nc3c2c(=O)[nH]c(=O)n3C)c1. The molecule has 1 unspecified atom stereocenters. The maximum absolute atomic E-state index is 12.3. The van der Waals surface area contributed by atoms with Gasteiger partial charge in [-0.3, -0.25) is 14.3 Å². The Morgan fingerprint density at radius 1 is 1.37 bits per heavy atom. The van der Waals surface area contributed by atoms with Gasteiger partial charge in [-0.25, -0.2) is 4.79 Å². The average Bonchev–Trinajstić information content (AvgIpc) is 3.03. The van der Waals surface area contributed by atoms with Crippen LogP contribution < -0.4 is 21.3 Å². The summed E-state index contributed by atoms with van der Waals surface area (Å²) in [4.78, 5) is 30.6. The molecule has 9 heteroatoms. The van der Waals surface area contributed by atoms with E-state index in [1.165, 1.54) is 11.6 Å². The van der Waals surface area contributed by atoms with Crippen molar-refractivity contribution in [2.24, 2.45) is 7.05 Å². The third-order valence-corrected chi connectivity index (χ3v) is 4.37.